The van der Waals surface area contributed by atoms with E-state index in [9.17, 15) is 0 Å². The number of aromatic nitrogens is 3. The maximum Gasteiger partial charge on any atom is 0.145 e. The summed E-state index contributed by atoms with van der Waals surface area (Å²) >= 11 is 0. The zero-order valence-electron chi connectivity index (χ0n) is 30.4. The van der Waals surface area contributed by atoms with E-state index in [1.807, 2.05) is 24.4 Å². The lowest BCUT2D eigenvalue weighted by Crippen LogP contribution is -2.36. The third-order valence-corrected chi connectivity index (χ3v) is 11.7. The molecule has 6 aromatic carbocycles. The Bertz CT molecular complexity index is 2880. The Balaban J connectivity index is 1.30. The average molecular weight is 682 g/mol. The average Bonchev–Trinajstić information content (AvgIpc) is 3.59. The third-order valence-electron chi connectivity index (χ3n) is 11.7. The highest BCUT2D eigenvalue weighted by atomic mass is 15.0. The van der Waals surface area contributed by atoms with Crippen LogP contribution >= 0.6 is 0 Å². The van der Waals surface area contributed by atoms with E-state index >= 15 is 0 Å². The molecule has 0 unspecified atom stereocenters. The molecule has 9 aromatic rings. The maximum atomic E-state index is 5.26. The van der Waals surface area contributed by atoms with E-state index in [1.54, 1.807) is 0 Å². The predicted molar refractivity (Wildman–Crippen MR) is 220 cm³/mol. The molecule has 254 valence electrons. The zero-order valence-corrected chi connectivity index (χ0v) is 30.4. The Morgan fingerprint density at radius 1 is 0.453 bits per heavy atom. The van der Waals surface area contributed by atoms with Crippen LogP contribution in [0.5, 0.6) is 0 Å². The number of pyridine rings is 2. The fourth-order valence-electron chi connectivity index (χ4n) is 9.09. The monoisotopic (exact) mass is 681 g/mol. The molecule has 0 bridgehead atoms. The van der Waals surface area contributed by atoms with Crippen LogP contribution in [-0.2, 0) is 10.8 Å². The second kappa shape index (κ2) is 11.6. The van der Waals surface area contributed by atoms with Crippen LogP contribution in [0, 0.1) is 0 Å². The minimum absolute atomic E-state index is 0.164. The lowest BCUT2D eigenvalue weighted by molar-refractivity contribution is 0.522. The zero-order chi connectivity index (χ0) is 35.9. The molecule has 0 saturated heterocycles. The highest BCUT2D eigenvalue weighted by Gasteiger charge is 2.42. The lowest BCUT2D eigenvalue weighted by Gasteiger charge is -2.44. The molecule has 1 aliphatic carbocycles. The number of rotatable bonds is 4. The molecule has 0 atom stereocenters. The number of benzene rings is 6. The van der Waals surface area contributed by atoms with Crippen molar-refractivity contribution < 1.29 is 0 Å². The molecule has 0 radical (unpaired) electrons. The molecular formula is C50H39N3. The second-order valence-electron chi connectivity index (χ2n) is 15.4. The molecule has 0 saturated carbocycles. The molecule has 3 heteroatoms. The van der Waals surface area contributed by atoms with Crippen LogP contribution in [0.4, 0.5) is 0 Å². The highest BCUT2D eigenvalue weighted by molar-refractivity contribution is 6.22. The van der Waals surface area contributed by atoms with E-state index in [0.717, 1.165) is 28.3 Å². The summed E-state index contributed by atoms with van der Waals surface area (Å²) in [5, 5.41) is 5.04. The number of fused-ring (bicyclic) bond motifs is 5. The van der Waals surface area contributed by atoms with Crippen molar-refractivity contribution in [2.24, 2.45) is 0 Å². The molecule has 53 heavy (non-hydrogen) atoms. The van der Waals surface area contributed by atoms with Gasteiger partial charge in [-0.15, -0.1) is 0 Å². The van der Waals surface area contributed by atoms with Gasteiger partial charge in [0.15, 0.2) is 0 Å². The van der Waals surface area contributed by atoms with E-state index in [2.05, 4.69) is 177 Å². The van der Waals surface area contributed by atoms with Crippen molar-refractivity contribution in [3.05, 3.63) is 186 Å². The molecule has 0 amide bonds. The summed E-state index contributed by atoms with van der Waals surface area (Å²) in [5.41, 5.74) is 14.0. The molecule has 0 N–H and O–H groups in total. The van der Waals surface area contributed by atoms with Crippen LogP contribution in [0.25, 0.3) is 72.1 Å². The van der Waals surface area contributed by atoms with Crippen LogP contribution in [0.3, 0.4) is 0 Å². The van der Waals surface area contributed by atoms with Crippen molar-refractivity contribution in [3.8, 4) is 45.0 Å². The van der Waals surface area contributed by atoms with E-state index < -0.39 is 0 Å². The number of imidazole rings is 1. The molecule has 3 nitrogen and oxygen atoms in total. The fraction of sp³-hybridized carbons (Fsp3) is 0.120. The van der Waals surface area contributed by atoms with Gasteiger partial charge in [0, 0.05) is 28.8 Å². The van der Waals surface area contributed by atoms with Crippen molar-refractivity contribution in [1.82, 2.24) is 14.4 Å². The van der Waals surface area contributed by atoms with Crippen molar-refractivity contribution in [2.45, 2.75) is 38.5 Å². The Morgan fingerprint density at radius 2 is 1.02 bits per heavy atom. The number of nitrogens with zero attached hydrogens (tertiary/aromatic N) is 3. The van der Waals surface area contributed by atoms with Gasteiger partial charge in [0.1, 0.15) is 11.5 Å². The Morgan fingerprint density at radius 3 is 1.68 bits per heavy atom. The normalized spacial score (nSPS) is 14.3. The lowest BCUT2D eigenvalue weighted by atomic mass is 9.59. The molecular weight excluding hydrogens is 643 g/mol. The summed E-state index contributed by atoms with van der Waals surface area (Å²) in [5.74, 6) is 0.898. The highest BCUT2D eigenvalue weighted by Crippen LogP contribution is 2.53. The summed E-state index contributed by atoms with van der Waals surface area (Å²) in [6.07, 6.45) is 3.93. The van der Waals surface area contributed by atoms with Crippen molar-refractivity contribution in [1.29, 1.82) is 0 Å². The minimum atomic E-state index is -0.177. The van der Waals surface area contributed by atoms with Gasteiger partial charge in [0.25, 0.3) is 0 Å². The molecule has 10 rings (SSSR count). The number of hydrogen-bond acceptors (Lipinski definition) is 2. The fourth-order valence-corrected chi connectivity index (χ4v) is 9.09. The summed E-state index contributed by atoms with van der Waals surface area (Å²) < 4.78 is 2.19. The third kappa shape index (κ3) is 4.67. The van der Waals surface area contributed by atoms with E-state index in [1.165, 1.54) is 66.1 Å². The van der Waals surface area contributed by atoms with Gasteiger partial charge in [-0.1, -0.05) is 137 Å². The van der Waals surface area contributed by atoms with Gasteiger partial charge in [0.05, 0.1) is 11.2 Å². The first-order valence-corrected chi connectivity index (χ1v) is 18.5. The smallest absolute Gasteiger partial charge is 0.145 e. The van der Waals surface area contributed by atoms with Gasteiger partial charge in [0.2, 0.25) is 0 Å². The molecule has 0 fully saturated rings. The van der Waals surface area contributed by atoms with Gasteiger partial charge in [-0.2, -0.15) is 0 Å². The van der Waals surface area contributed by atoms with Gasteiger partial charge in [-0.05, 0) is 109 Å². The summed E-state index contributed by atoms with van der Waals surface area (Å²) in [7, 11) is 0. The maximum absolute atomic E-state index is 5.26. The van der Waals surface area contributed by atoms with Gasteiger partial charge in [-0.25, -0.2) is 4.98 Å². The van der Waals surface area contributed by atoms with Crippen LogP contribution < -0.4 is 0 Å². The Labute approximate surface area is 310 Å². The second-order valence-corrected chi connectivity index (χ2v) is 15.4. The van der Waals surface area contributed by atoms with E-state index in [4.69, 9.17) is 4.98 Å². The topological polar surface area (TPSA) is 30.2 Å². The molecule has 0 spiro atoms. The standard InChI is InChI=1S/C50H39N3/c1-49(2)39-23-10-11-24-40(39)50(3,4)42-31-38-37(30-41(42)49)45(32-17-6-5-7-18-32)35-21-8-9-22-36(35)46(38)33-19-16-20-34(29-33)48-52-47(43-25-12-14-27-51-43)44-26-13-15-28-53(44)48/h5-31H,1-4H3. The van der Waals surface area contributed by atoms with Crippen molar-refractivity contribution in [2.75, 3.05) is 0 Å². The largest absolute Gasteiger partial charge is 0.299 e. The quantitative estimate of drug-likeness (QED) is 0.173. The molecule has 0 aliphatic heterocycles. The van der Waals surface area contributed by atoms with Crippen LogP contribution in [0.1, 0.15) is 49.9 Å². The summed E-state index contributed by atoms with van der Waals surface area (Å²) in [4.78, 5) is 9.93. The van der Waals surface area contributed by atoms with Gasteiger partial charge in [-0.3, -0.25) is 9.38 Å². The van der Waals surface area contributed by atoms with Crippen LogP contribution in [0.15, 0.2) is 164 Å². The number of hydrogen-bond donors (Lipinski definition) is 0. The molecule has 3 aromatic heterocycles. The molecule has 3 heterocycles. The van der Waals surface area contributed by atoms with Crippen LogP contribution in [-0.4, -0.2) is 14.4 Å². The Hall–Kier alpha value is -6.32. The molecule has 1 aliphatic rings. The summed E-state index contributed by atoms with van der Waals surface area (Å²) in [6, 6.07) is 55.2. The first-order chi connectivity index (χ1) is 25.8. The Kier molecular flexibility index (Phi) is 6.87. The van der Waals surface area contributed by atoms with E-state index in [-0.39, 0.29) is 10.8 Å². The van der Waals surface area contributed by atoms with Gasteiger partial charge < -0.3 is 0 Å². The van der Waals surface area contributed by atoms with Gasteiger partial charge >= 0.3 is 0 Å². The predicted octanol–water partition coefficient (Wildman–Crippen LogP) is 12.7. The first-order valence-electron chi connectivity index (χ1n) is 18.5. The minimum Gasteiger partial charge on any atom is -0.299 e. The summed E-state index contributed by atoms with van der Waals surface area (Å²) in [6.45, 7) is 9.59. The van der Waals surface area contributed by atoms with E-state index in [0.29, 0.717) is 0 Å². The van der Waals surface area contributed by atoms with Crippen molar-refractivity contribution >= 4 is 27.1 Å². The van der Waals surface area contributed by atoms with Crippen LogP contribution in [0.2, 0.25) is 0 Å². The SMILES string of the molecule is CC1(C)c2ccccc2C(C)(C)c2cc3c(-c4cccc(-c5nc(-c6ccccn6)c6ccccn56)c4)c4ccccc4c(-c4ccccc4)c3cc21. The first kappa shape index (κ1) is 31.4. The van der Waals surface area contributed by atoms with Crippen molar-refractivity contribution in [3.63, 3.8) is 0 Å².